The van der Waals surface area contributed by atoms with Gasteiger partial charge in [-0.3, -0.25) is 0 Å². The molecule has 1 aromatic carbocycles. The average Bonchev–Trinajstić information content (AvgIpc) is 2.95. The molecule has 0 radical (unpaired) electrons. The molecular weight excluding hydrogens is 308 g/mol. The molecule has 1 aliphatic rings. The van der Waals surface area contributed by atoms with Gasteiger partial charge in [0.25, 0.3) is 0 Å². The number of halogens is 1. The van der Waals surface area contributed by atoms with Crippen molar-refractivity contribution < 1.29 is 0 Å². The predicted molar refractivity (Wildman–Crippen MR) is 96.2 cm³/mol. The molecule has 3 heterocycles. The van der Waals surface area contributed by atoms with Gasteiger partial charge in [0.2, 0.25) is 0 Å². The van der Waals surface area contributed by atoms with Gasteiger partial charge in [0, 0.05) is 49.0 Å². The average molecular weight is 327 g/mol. The van der Waals surface area contributed by atoms with Gasteiger partial charge >= 0.3 is 0 Å². The van der Waals surface area contributed by atoms with Crippen LogP contribution < -0.4 is 4.90 Å². The monoisotopic (exact) mass is 326 g/mol. The van der Waals surface area contributed by atoms with E-state index in [0.29, 0.717) is 5.15 Å². The Kier molecular flexibility index (Phi) is 3.71. The number of nitrogens with one attached hydrogen (secondary N) is 1. The van der Waals surface area contributed by atoms with Crippen LogP contribution in [0.1, 0.15) is 0 Å². The van der Waals surface area contributed by atoms with E-state index < -0.39 is 0 Å². The molecule has 1 N–H and O–H groups in total. The van der Waals surface area contributed by atoms with Crippen LogP contribution >= 0.6 is 11.6 Å². The third-order valence-corrected chi connectivity index (χ3v) is 4.71. The number of benzene rings is 1. The lowest BCUT2D eigenvalue weighted by Gasteiger charge is -2.34. The quantitative estimate of drug-likeness (QED) is 0.781. The Morgan fingerprint density at radius 1 is 1.00 bits per heavy atom. The number of nitrogens with zero attached hydrogens (tertiary/aromatic N) is 3. The van der Waals surface area contributed by atoms with Gasteiger partial charge in [-0.05, 0) is 36.9 Å². The third-order valence-electron chi connectivity index (χ3n) is 4.51. The molecule has 118 valence electrons. The Balaban J connectivity index is 1.59. The predicted octanol–water partition coefficient (Wildman–Crippen LogP) is 3.64. The number of aromatic nitrogens is 2. The molecule has 0 spiro atoms. The highest BCUT2D eigenvalue weighted by molar-refractivity contribution is 6.30. The van der Waals surface area contributed by atoms with Crippen molar-refractivity contribution >= 4 is 28.3 Å². The van der Waals surface area contributed by atoms with Crippen LogP contribution in [0.4, 0.5) is 5.69 Å². The molecule has 0 atom stereocenters. The van der Waals surface area contributed by atoms with Gasteiger partial charge in [0.05, 0.1) is 0 Å². The number of H-pyrrole nitrogens is 1. The maximum atomic E-state index is 5.99. The molecule has 0 unspecified atom stereocenters. The molecule has 3 aromatic rings. The molecule has 4 rings (SSSR count). The number of hydrogen-bond acceptors (Lipinski definition) is 3. The fourth-order valence-corrected chi connectivity index (χ4v) is 3.28. The van der Waals surface area contributed by atoms with Crippen molar-refractivity contribution in [3.8, 4) is 11.1 Å². The molecule has 0 bridgehead atoms. The maximum absolute atomic E-state index is 5.99. The van der Waals surface area contributed by atoms with E-state index in [9.17, 15) is 0 Å². The summed E-state index contributed by atoms with van der Waals surface area (Å²) >= 11 is 5.99. The van der Waals surface area contributed by atoms with Gasteiger partial charge in [-0.2, -0.15) is 0 Å². The van der Waals surface area contributed by atoms with Crippen molar-refractivity contribution in [3.63, 3.8) is 0 Å². The Morgan fingerprint density at radius 3 is 2.48 bits per heavy atom. The topological polar surface area (TPSA) is 35.2 Å². The first-order valence-corrected chi connectivity index (χ1v) is 8.25. The number of aromatic amines is 1. The van der Waals surface area contributed by atoms with E-state index in [1.165, 1.54) is 11.3 Å². The minimum Gasteiger partial charge on any atom is -0.369 e. The molecule has 4 nitrogen and oxygen atoms in total. The zero-order chi connectivity index (χ0) is 15.8. The second-order valence-electron chi connectivity index (χ2n) is 6.12. The molecule has 0 amide bonds. The smallest absolute Gasteiger partial charge is 0.138 e. The van der Waals surface area contributed by atoms with Crippen LogP contribution in [0.15, 0.2) is 42.6 Å². The van der Waals surface area contributed by atoms with Gasteiger partial charge in [-0.1, -0.05) is 23.7 Å². The van der Waals surface area contributed by atoms with Crippen LogP contribution in [-0.2, 0) is 0 Å². The number of rotatable bonds is 2. The van der Waals surface area contributed by atoms with Gasteiger partial charge < -0.3 is 14.8 Å². The van der Waals surface area contributed by atoms with Crippen molar-refractivity contribution in [2.24, 2.45) is 0 Å². The Hall–Kier alpha value is -2.04. The van der Waals surface area contributed by atoms with Crippen LogP contribution in [0.2, 0.25) is 5.15 Å². The standard InChI is InChI=1S/C18H19ClN4/c1-22-6-8-23(9-7-22)16-4-2-13(3-5-16)15-10-14-11-17(19)21-18(14)20-12-15/h2-5,10-12H,6-9H2,1H3,(H,20,21). The second kappa shape index (κ2) is 5.87. The summed E-state index contributed by atoms with van der Waals surface area (Å²) in [7, 11) is 2.18. The first-order chi connectivity index (χ1) is 11.2. The van der Waals surface area contributed by atoms with Gasteiger partial charge in [-0.15, -0.1) is 0 Å². The van der Waals surface area contributed by atoms with Gasteiger partial charge in [-0.25, -0.2) is 4.98 Å². The van der Waals surface area contributed by atoms with E-state index >= 15 is 0 Å². The summed E-state index contributed by atoms with van der Waals surface area (Å²) in [6.07, 6.45) is 1.89. The van der Waals surface area contributed by atoms with E-state index in [4.69, 9.17) is 11.6 Å². The van der Waals surface area contributed by atoms with E-state index in [2.05, 4.69) is 57.1 Å². The largest absolute Gasteiger partial charge is 0.369 e. The van der Waals surface area contributed by atoms with E-state index in [1.54, 1.807) is 0 Å². The van der Waals surface area contributed by atoms with E-state index in [-0.39, 0.29) is 0 Å². The van der Waals surface area contributed by atoms with Crippen LogP contribution in [0.3, 0.4) is 0 Å². The molecule has 0 saturated carbocycles. The summed E-state index contributed by atoms with van der Waals surface area (Å²) in [6.45, 7) is 4.42. The van der Waals surface area contributed by atoms with Gasteiger partial charge in [0.1, 0.15) is 10.8 Å². The van der Waals surface area contributed by atoms with Crippen molar-refractivity contribution in [1.82, 2.24) is 14.9 Å². The zero-order valence-corrected chi connectivity index (χ0v) is 13.8. The van der Waals surface area contributed by atoms with Crippen LogP contribution in [0.25, 0.3) is 22.2 Å². The first-order valence-electron chi connectivity index (χ1n) is 7.87. The van der Waals surface area contributed by atoms with Gasteiger partial charge in [0.15, 0.2) is 0 Å². The lowest BCUT2D eigenvalue weighted by Crippen LogP contribution is -2.44. The molecule has 5 heteroatoms. The maximum Gasteiger partial charge on any atom is 0.138 e. The highest BCUT2D eigenvalue weighted by Gasteiger charge is 2.14. The Bertz CT molecular complexity index is 817. The summed E-state index contributed by atoms with van der Waals surface area (Å²) in [5, 5.41) is 1.66. The SMILES string of the molecule is CN1CCN(c2ccc(-c3cnc4[nH]c(Cl)cc4c3)cc2)CC1. The minimum atomic E-state index is 0.620. The number of pyridine rings is 1. The first kappa shape index (κ1) is 14.5. The molecular formula is C18H19ClN4. The number of likely N-dealkylation sites (N-methyl/N-ethyl adjacent to an activating group) is 1. The Labute approximate surface area is 140 Å². The highest BCUT2D eigenvalue weighted by Crippen LogP contribution is 2.26. The second-order valence-corrected chi connectivity index (χ2v) is 6.52. The van der Waals surface area contributed by atoms with Crippen molar-refractivity contribution in [2.45, 2.75) is 0 Å². The molecule has 23 heavy (non-hydrogen) atoms. The fourth-order valence-electron chi connectivity index (χ4n) is 3.07. The van der Waals surface area contributed by atoms with Crippen molar-refractivity contribution in [1.29, 1.82) is 0 Å². The van der Waals surface area contributed by atoms with E-state index in [1.807, 2.05) is 12.3 Å². The van der Waals surface area contributed by atoms with E-state index in [0.717, 1.165) is 42.8 Å². The summed E-state index contributed by atoms with van der Waals surface area (Å²) in [5.74, 6) is 0. The molecule has 1 aliphatic heterocycles. The van der Waals surface area contributed by atoms with Crippen LogP contribution in [0, 0.1) is 0 Å². The molecule has 1 saturated heterocycles. The minimum absolute atomic E-state index is 0.620. The Morgan fingerprint density at radius 2 is 1.74 bits per heavy atom. The number of hydrogen-bond donors (Lipinski definition) is 1. The third kappa shape index (κ3) is 2.92. The summed E-state index contributed by atoms with van der Waals surface area (Å²) in [4.78, 5) is 12.3. The lowest BCUT2D eigenvalue weighted by molar-refractivity contribution is 0.313. The summed E-state index contributed by atoms with van der Waals surface area (Å²) in [5.41, 5.74) is 4.40. The summed E-state index contributed by atoms with van der Waals surface area (Å²) < 4.78 is 0. The fraction of sp³-hybridized carbons (Fsp3) is 0.278. The highest BCUT2D eigenvalue weighted by atomic mass is 35.5. The number of anilines is 1. The van der Waals surface area contributed by atoms with Crippen LogP contribution in [-0.4, -0.2) is 48.1 Å². The number of piperazine rings is 1. The van der Waals surface area contributed by atoms with Crippen LogP contribution in [0.5, 0.6) is 0 Å². The normalized spacial score (nSPS) is 16.2. The number of fused-ring (bicyclic) bond motifs is 1. The zero-order valence-electron chi connectivity index (χ0n) is 13.1. The molecule has 0 aliphatic carbocycles. The van der Waals surface area contributed by atoms with Crippen molar-refractivity contribution in [3.05, 3.63) is 47.7 Å². The molecule has 1 fully saturated rings. The summed E-state index contributed by atoms with van der Waals surface area (Å²) in [6, 6.07) is 12.8. The molecule has 2 aromatic heterocycles. The lowest BCUT2D eigenvalue weighted by atomic mass is 10.1. The van der Waals surface area contributed by atoms with Crippen molar-refractivity contribution in [2.75, 3.05) is 38.1 Å².